The molecule has 0 spiro atoms. The smallest absolute Gasteiger partial charge is 0.524 e. The molecule has 162 valence electrons. The zero-order valence-electron chi connectivity index (χ0n) is 14.4. The molecule has 0 bridgehead atoms. The summed E-state index contributed by atoms with van der Waals surface area (Å²) in [5.74, 6) is -0.445. The number of alkyl halides is 4. The topological polar surface area (TPSA) is 139 Å². The second-order valence-electron chi connectivity index (χ2n) is 5.45. The number of hydrogen-bond acceptors (Lipinski definition) is 6. The molecule has 0 aliphatic rings. The average molecular weight is 518 g/mol. The summed E-state index contributed by atoms with van der Waals surface area (Å²) < 4.78 is 32.5. The molecule has 0 aliphatic carbocycles. The van der Waals surface area contributed by atoms with Gasteiger partial charge in [0.1, 0.15) is 19.3 Å². The molecule has 1 aromatic rings. The second-order valence-corrected chi connectivity index (χ2v) is 9.20. The summed E-state index contributed by atoms with van der Waals surface area (Å²) in [7, 11) is -10.5. The lowest BCUT2D eigenvalue weighted by Gasteiger charge is -2.33. The maximum Gasteiger partial charge on any atom is 0.524 e. The van der Waals surface area contributed by atoms with Crippen LogP contribution in [-0.4, -0.2) is 33.3 Å². The van der Waals surface area contributed by atoms with Crippen molar-refractivity contribution < 1.29 is 37.8 Å². The Morgan fingerprint density at radius 1 is 0.679 bits per heavy atom. The van der Waals surface area contributed by atoms with Gasteiger partial charge in [-0.05, 0) is 25.7 Å². The molecule has 0 heterocycles. The SMILES string of the molecule is O=P([O-])([O-])Oc1c(CCCl)c(CCCl)c(OP(=O)(O)O)c(CCCl)c1CCCl. The minimum absolute atomic E-state index is 0.00181. The minimum Gasteiger partial charge on any atom is -0.780 e. The fraction of sp³-hybridized carbons (Fsp3) is 0.571. The Morgan fingerprint density at radius 2 is 0.964 bits per heavy atom. The van der Waals surface area contributed by atoms with Gasteiger partial charge in [-0.15, -0.1) is 46.4 Å². The van der Waals surface area contributed by atoms with E-state index in [-0.39, 0.29) is 83.0 Å². The van der Waals surface area contributed by atoms with Gasteiger partial charge in [0.15, 0.2) is 0 Å². The quantitative estimate of drug-likeness (QED) is 0.318. The highest BCUT2D eigenvalue weighted by Gasteiger charge is 2.29. The first-order valence-corrected chi connectivity index (χ1v) is 13.0. The first kappa shape index (κ1) is 26.3. The van der Waals surface area contributed by atoms with Crippen LogP contribution >= 0.6 is 62.0 Å². The molecule has 0 atom stereocenters. The molecule has 0 saturated carbocycles. The normalized spacial score (nSPS) is 12.3. The summed E-state index contributed by atoms with van der Waals surface area (Å²) in [5.41, 5.74) is 0.677. The Morgan fingerprint density at radius 3 is 1.18 bits per heavy atom. The summed E-state index contributed by atoms with van der Waals surface area (Å²) in [6, 6.07) is 0. The molecular formula is C14H18Cl4O8P2-2. The predicted molar refractivity (Wildman–Crippen MR) is 105 cm³/mol. The second kappa shape index (κ2) is 11.6. The molecule has 0 amide bonds. The van der Waals surface area contributed by atoms with Crippen LogP contribution in [0.25, 0.3) is 0 Å². The molecule has 2 N–H and O–H groups in total. The van der Waals surface area contributed by atoms with E-state index in [0.29, 0.717) is 0 Å². The van der Waals surface area contributed by atoms with E-state index >= 15 is 0 Å². The van der Waals surface area contributed by atoms with E-state index in [4.69, 9.17) is 55.5 Å². The summed E-state index contributed by atoms with van der Waals surface area (Å²) in [6.45, 7) is 0. The zero-order chi connectivity index (χ0) is 21.5. The van der Waals surface area contributed by atoms with Gasteiger partial charge in [-0.2, -0.15) is 0 Å². The van der Waals surface area contributed by atoms with E-state index in [2.05, 4.69) is 0 Å². The van der Waals surface area contributed by atoms with Crippen molar-refractivity contribution in [2.45, 2.75) is 25.7 Å². The Hall–Kier alpha value is 0.280. The van der Waals surface area contributed by atoms with Gasteiger partial charge in [-0.25, -0.2) is 4.57 Å². The number of benzene rings is 1. The van der Waals surface area contributed by atoms with Gasteiger partial charge in [-0.3, -0.25) is 9.79 Å². The Balaban J connectivity index is 4.00. The van der Waals surface area contributed by atoms with Crippen molar-refractivity contribution in [3.8, 4) is 11.5 Å². The van der Waals surface area contributed by atoms with Crippen LogP contribution in [-0.2, 0) is 34.8 Å². The van der Waals surface area contributed by atoms with Crippen molar-refractivity contribution in [1.29, 1.82) is 0 Å². The van der Waals surface area contributed by atoms with Crippen LogP contribution in [0.4, 0.5) is 0 Å². The van der Waals surface area contributed by atoms with Crippen LogP contribution < -0.4 is 18.8 Å². The molecule has 0 unspecified atom stereocenters. The third kappa shape index (κ3) is 7.84. The van der Waals surface area contributed by atoms with E-state index in [9.17, 15) is 28.7 Å². The Bertz CT molecular complexity index is 664. The van der Waals surface area contributed by atoms with Crippen molar-refractivity contribution >= 4 is 62.0 Å². The lowest BCUT2D eigenvalue weighted by atomic mass is 9.90. The number of phosphoric acid groups is 2. The molecule has 28 heavy (non-hydrogen) atoms. The Labute approximate surface area is 182 Å². The molecule has 0 fully saturated rings. The zero-order valence-corrected chi connectivity index (χ0v) is 19.2. The van der Waals surface area contributed by atoms with Crippen LogP contribution in [0.15, 0.2) is 0 Å². The molecule has 0 aliphatic heterocycles. The molecule has 0 aromatic heterocycles. The molecule has 0 saturated heterocycles. The molecule has 8 nitrogen and oxygen atoms in total. The van der Waals surface area contributed by atoms with Crippen LogP contribution in [0.3, 0.4) is 0 Å². The van der Waals surface area contributed by atoms with Crippen molar-refractivity contribution in [2.24, 2.45) is 0 Å². The maximum absolute atomic E-state index is 11.5. The van der Waals surface area contributed by atoms with E-state index in [0.717, 1.165) is 0 Å². The first-order valence-electron chi connectivity index (χ1n) is 7.89. The number of halogens is 4. The van der Waals surface area contributed by atoms with Gasteiger partial charge in [0.05, 0.1) is 0 Å². The predicted octanol–water partition coefficient (Wildman–Crippen LogP) is 2.49. The molecule has 1 rings (SSSR count). The summed E-state index contributed by atoms with van der Waals surface area (Å²) in [5, 5.41) is 0. The van der Waals surface area contributed by atoms with Crippen molar-refractivity contribution in [3.63, 3.8) is 0 Å². The molecular weight excluding hydrogens is 500 g/mol. The lowest BCUT2D eigenvalue weighted by molar-refractivity contribution is -0.333. The fourth-order valence-electron chi connectivity index (χ4n) is 2.80. The monoisotopic (exact) mass is 516 g/mol. The first-order chi connectivity index (χ1) is 13.0. The summed E-state index contributed by atoms with van der Waals surface area (Å²) in [6.07, 6.45) is 0.129. The third-order valence-electron chi connectivity index (χ3n) is 3.62. The van der Waals surface area contributed by atoms with Gasteiger partial charge < -0.3 is 23.4 Å². The van der Waals surface area contributed by atoms with Gasteiger partial charge in [-0.1, -0.05) is 0 Å². The average Bonchev–Trinajstić information content (AvgIpc) is 2.55. The largest absolute Gasteiger partial charge is 0.780 e. The van der Waals surface area contributed by atoms with Crippen molar-refractivity contribution in [3.05, 3.63) is 22.3 Å². The van der Waals surface area contributed by atoms with Gasteiger partial charge in [0.25, 0.3) is 0 Å². The summed E-state index contributed by atoms with van der Waals surface area (Å²) in [4.78, 5) is 41.4. The standard InChI is InChI=1S/C14H20Cl4O8P2/c15-5-1-9-10(2-6-16)14(26-28(22,23)24)12(4-8-18)11(3-7-17)13(9)25-27(19,20)21/h1-8H2,(H2,19,20,21)(H2,22,23,24)/p-2. The summed E-state index contributed by atoms with van der Waals surface area (Å²) >= 11 is 23.3. The molecule has 1 aromatic carbocycles. The number of hydrogen-bond donors (Lipinski definition) is 2. The van der Waals surface area contributed by atoms with E-state index in [1.807, 2.05) is 0 Å². The highest BCUT2D eigenvalue weighted by molar-refractivity contribution is 7.46. The number of rotatable bonds is 12. The van der Waals surface area contributed by atoms with Crippen molar-refractivity contribution in [2.75, 3.05) is 23.5 Å². The van der Waals surface area contributed by atoms with E-state index < -0.39 is 15.6 Å². The third-order valence-corrected chi connectivity index (χ3v) is 5.20. The minimum atomic E-state index is -5.47. The van der Waals surface area contributed by atoms with Crippen LogP contribution in [0, 0.1) is 0 Å². The number of phosphoric ester groups is 2. The molecule has 0 radical (unpaired) electrons. The van der Waals surface area contributed by atoms with Gasteiger partial charge >= 0.3 is 7.82 Å². The van der Waals surface area contributed by atoms with Crippen LogP contribution in [0.5, 0.6) is 11.5 Å². The van der Waals surface area contributed by atoms with E-state index in [1.165, 1.54) is 0 Å². The van der Waals surface area contributed by atoms with Crippen LogP contribution in [0.1, 0.15) is 22.3 Å². The highest BCUT2D eigenvalue weighted by atomic mass is 35.5. The Kier molecular flexibility index (Phi) is 10.9. The van der Waals surface area contributed by atoms with Gasteiger partial charge in [0.2, 0.25) is 0 Å². The van der Waals surface area contributed by atoms with Gasteiger partial charge in [0, 0.05) is 45.8 Å². The molecule has 14 heteroatoms. The fourth-order valence-corrected chi connectivity index (χ4v) is 4.46. The van der Waals surface area contributed by atoms with Crippen molar-refractivity contribution in [1.82, 2.24) is 0 Å². The lowest BCUT2D eigenvalue weighted by Crippen LogP contribution is -2.21. The highest BCUT2D eigenvalue weighted by Crippen LogP contribution is 2.49. The maximum atomic E-state index is 11.5. The van der Waals surface area contributed by atoms with Crippen LogP contribution in [0.2, 0.25) is 0 Å². The van der Waals surface area contributed by atoms with E-state index in [1.54, 1.807) is 0 Å².